The number of imidazole rings is 1. The van der Waals surface area contributed by atoms with Gasteiger partial charge in [-0.1, -0.05) is 0 Å². The van der Waals surface area contributed by atoms with Crippen molar-refractivity contribution in [2.45, 2.75) is 58.7 Å². The van der Waals surface area contributed by atoms with Crippen LogP contribution in [-0.4, -0.2) is 30.7 Å². The summed E-state index contributed by atoms with van der Waals surface area (Å²) in [5.74, 6) is 1.10. The van der Waals surface area contributed by atoms with Crippen molar-refractivity contribution >= 4 is 0 Å². The molecule has 0 atom stereocenters. The molecule has 21 heavy (non-hydrogen) atoms. The molecule has 0 radical (unpaired) electrons. The van der Waals surface area contributed by atoms with Crippen LogP contribution in [0.15, 0.2) is 12.4 Å². The fourth-order valence-electron chi connectivity index (χ4n) is 3.02. The lowest BCUT2D eigenvalue weighted by Gasteiger charge is -2.26. The molecule has 0 saturated heterocycles. The standard InChI is InChI=1S/C16H25N5/c1-12(2)21(11-16-17-8-9-20(16)3)10-15-13-6-4-5-7-14(13)18-19-15/h8-9,12H,4-7,10-11H2,1-3H3,(H,18,19). The number of hydrogen-bond acceptors (Lipinski definition) is 3. The van der Waals surface area contributed by atoms with Gasteiger partial charge in [0.2, 0.25) is 0 Å². The second-order valence-electron chi connectivity index (χ2n) is 6.29. The predicted octanol–water partition coefficient (Wildman–Crippen LogP) is 2.43. The summed E-state index contributed by atoms with van der Waals surface area (Å²) in [6.07, 6.45) is 8.78. The van der Waals surface area contributed by atoms with E-state index in [1.807, 2.05) is 12.4 Å². The van der Waals surface area contributed by atoms with Gasteiger partial charge in [0.05, 0.1) is 12.2 Å². The molecule has 0 bridgehead atoms. The Balaban J connectivity index is 1.76. The van der Waals surface area contributed by atoms with Gasteiger partial charge >= 0.3 is 0 Å². The Labute approximate surface area is 126 Å². The van der Waals surface area contributed by atoms with E-state index < -0.39 is 0 Å². The Hall–Kier alpha value is -1.62. The Morgan fingerprint density at radius 2 is 2.10 bits per heavy atom. The molecule has 0 unspecified atom stereocenters. The molecule has 1 aliphatic carbocycles. The highest BCUT2D eigenvalue weighted by molar-refractivity contribution is 5.27. The minimum absolute atomic E-state index is 0.470. The van der Waals surface area contributed by atoms with Crippen molar-refractivity contribution in [3.63, 3.8) is 0 Å². The Morgan fingerprint density at radius 1 is 1.29 bits per heavy atom. The molecule has 1 N–H and O–H groups in total. The first-order chi connectivity index (χ1) is 10.1. The van der Waals surface area contributed by atoms with Crippen molar-refractivity contribution in [2.24, 2.45) is 7.05 Å². The number of hydrogen-bond donors (Lipinski definition) is 1. The van der Waals surface area contributed by atoms with E-state index in [0.717, 1.165) is 25.3 Å². The summed E-state index contributed by atoms with van der Waals surface area (Å²) in [5, 5.41) is 7.82. The second-order valence-corrected chi connectivity index (χ2v) is 6.29. The van der Waals surface area contributed by atoms with Crippen LogP contribution in [0.5, 0.6) is 0 Å². The van der Waals surface area contributed by atoms with Crippen LogP contribution in [0.1, 0.15) is 49.5 Å². The van der Waals surface area contributed by atoms with Crippen molar-refractivity contribution in [3.05, 3.63) is 35.2 Å². The summed E-state index contributed by atoms with van der Waals surface area (Å²) in [4.78, 5) is 6.89. The van der Waals surface area contributed by atoms with Crippen molar-refractivity contribution < 1.29 is 0 Å². The predicted molar refractivity (Wildman–Crippen MR) is 82.8 cm³/mol. The SMILES string of the molecule is CC(C)N(Cc1n[nH]c2c1CCCC2)Cc1nccn1C. The lowest BCUT2D eigenvalue weighted by Crippen LogP contribution is -2.31. The fraction of sp³-hybridized carbons (Fsp3) is 0.625. The molecule has 0 spiro atoms. The highest BCUT2D eigenvalue weighted by atomic mass is 15.2. The Kier molecular flexibility index (Phi) is 4.10. The second kappa shape index (κ2) is 6.02. The Bertz CT molecular complexity index is 596. The first-order valence-corrected chi connectivity index (χ1v) is 7.90. The van der Waals surface area contributed by atoms with E-state index in [2.05, 4.69) is 45.5 Å². The van der Waals surface area contributed by atoms with Gasteiger partial charge in [-0.2, -0.15) is 5.10 Å². The number of H-pyrrole nitrogens is 1. The molecule has 2 heterocycles. The van der Waals surface area contributed by atoms with Crippen LogP contribution in [-0.2, 0) is 33.0 Å². The number of aryl methyl sites for hydroxylation is 2. The monoisotopic (exact) mass is 287 g/mol. The van der Waals surface area contributed by atoms with Gasteiger partial charge < -0.3 is 4.57 Å². The summed E-state index contributed by atoms with van der Waals surface area (Å²) in [5.41, 5.74) is 4.05. The molecule has 5 nitrogen and oxygen atoms in total. The molecule has 2 aromatic heterocycles. The van der Waals surface area contributed by atoms with Gasteiger partial charge in [0, 0.05) is 37.7 Å². The normalized spacial score (nSPS) is 14.9. The summed E-state index contributed by atoms with van der Waals surface area (Å²) < 4.78 is 2.09. The zero-order chi connectivity index (χ0) is 14.8. The largest absolute Gasteiger partial charge is 0.337 e. The summed E-state index contributed by atoms with van der Waals surface area (Å²) >= 11 is 0. The van der Waals surface area contributed by atoms with E-state index in [4.69, 9.17) is 0 Å². The smallest absolute Gasteiger partial charge is 0.122 e. The van der Waals surface area contributed by atoms with E-state index in [0.29, 0.717) is 6.04 Å². The Morgan fingerprint density at radius 3 is 2.81 bits per heavy atom. The topological polar surface area (TPSA) is 49.7 Å². The number of nitrogens with zero attached hydrogens (tertiary/aromatic N) is 4. The number of fused-ring (bicyclic) bond motifs is 1. The first kappa shape index (κ1) is 14.3. The third-order valence-electron chi connectivity index (χ3n) is 4.49. The van der Waals surface area contributed by atoms with Crippen LogP contribution < -0.4 is 0 Å². The van der Waals surface area contributed by atoms with Crippen LogP contribution in [0.4, 0.5) is 0 Å². The highest BCUT2D eigenvalue weighted by Crippen LogP contribution is 2.24. The number of aromatic amines is 1. The molecule has 3 rings (SSSR count). The molecule has 5 heteroatoms. The average molecular weight is 287 g/mol. The maximum Gasteiger partial charge on any atom is 0.122 e. The first-order valence-electron chi connectivity index (χ1n) is 7.90. The maximum atomic E-state index is 4.58. The molecule has 0 saturated carbocycles. The van der Waals surface area contributed by atoms with Crippen molar-refractivity contribution in [1.82, 2.24) is 24.6 Å². The third kappa shape index (κ3) is 3.02. The zero-order valence-electron chi connectivity index (χ0n) is 13.3. The van der Waals surface area contributed by atoms with Crippen LogP contribution in [0.25, 0.3) is 0 Å². The van der Waals surface area contributed by atoms with Crippen molar-refractivity contribution in [2.75, 3.05) is 0 Å². The lowest BCUT2D eigenvalue weighted by atomic mass is 9.96. The number of nitrogens with one attached hydrogen (secondary N) is 1. The van der Waals surface area contributed by atoms with E-state index in [1.54, 1.807) is 0 Å². The third-order valence-corrected chi connectivity index (χ3v) is 4.49. The van der Waals surface area contributed by atoms with Crippen LogP contribution in [0.3, 0.4) is 0 Å². The van der Waals surface area contributed by atoms with E-state index in [1.165, 1.54) is 36.2 Å². The van der Waals surface area contributed by atoms with Gasteiger partial charge in [-0.3, -0.25) is 10.00 Å². The van der Waals surface area contributed by atoms with Gasteiger partial charge in [0.15, 0.2) is 0 Å². The van der Waals surface area contributed by atoms with Crippen LogP contribution >= 0.6 is 0 Å². The summed E-state index contributed by atoms with van der Waals surface area (Å²) in [7, 11) is 2.05. The summed E-state index contributed by atoms with van der Waals surface area (Å²) in [6.45, 7) is 6.24. The molecular weight excluding hydrogens is 262 g/mol. The molecule has 0 aliphatic heterocycles. The average Bonchev–Trinajstić information content (AvgIpc) is 3.05. The van der Waals surface area contributed by atoms with E-state index in [-0.39, 0.29) is 0 Å². The molecule has 0 amide bonds. The quantitative estimate of drug-likeness (QED) is 0.919. The molecule has 2 aromatic rings. The number of aromatic nitrogens is 4. The van der Waals surface area contributed by atoms with E-state index in [9.17, 15) is 0 Å². The fourth-order valence-corrected chi connectivity index (χ4v) is 3.02. The van der Waals surface area contributed by atoms with Crippen molar-refractivity contribution in [3.8, 4) is 0 Å². The summed E-state index contributed by atoms with van der Waals surface area (Å²) in [6, 6.07) is 0.470. The van der Waals surface area contributed by atoms with E-state index >= 15 is 0 Å². The molecule has 114 valence electrons. The van der Waals surface area contributed by atoms with Gasteiger partial charge in [-0.05, 0) is 45.1 Å². The molecule has 0 aromatic carbocycles. The van der Waals surface area contributed by atoms with Gasteiger partial charge in [-0.25, -0.2) is 4.98 Å². The van der Waals surface area contributed by atoms with Gasteiger partial charge in [0.25, 0.3) is 0 Å². The van der Waals surface area contributed by atoms with Crippen molar-refractivity contribution in [1.29, 1.82) is 0 Å². The maximum absolute atomic E-state index is 4.58. The zero-order valence-corrected chi connectivity index (χ0v) is 13.3. The molecule has 0 fully saturated rings. The molecular formula is C16H25N5. The van der Waals surface area contributed by atoms with Crippen LogP contribution in [0.2, 0.25) is 0 Å². The lowest BCUT2D eigenvalue weighted by molar-refractivity contribution is 0.193. The van der Waals surface area contributed by atoms with Gasteiger partial charge in [-0.15, -0.1) is 0 Å². The number of rotatable bonds is 5. The highest BCUT2D eigenvalue weighted by Gasteiger charge is 2.20. The minimum Gasteiger partial charge on any atom is -0.337 e. The molecule has 1 aliphatic rings. The van der Waals surface area contributed by atoms with Crippen LogP contribution in [0, 0.1) is 0 Å². The van der Waals surface area contributed by atoms with Gasteiger partial charge in [0.1, 0.15) is 5.82 Å². The minimum atomic E-state index is 0.470.